The highest BCUT2D eigenvalue weighted by atomic mass is 79.9. The first-order valence-electron chi connectivity index (χ1n) is 9.12. The molecule has 1 aliphatic heterocycles. The van der Waals surface area contributed by atoms with Crippen LogP contribution in [0.3, 0.4) is 0 Å². The van der Waals surface area contributed by atoms with Crippen LogP contribution in [0.2, 0.25) is 0 Å². The third kappa shape index (κ3) is 3.71. The number of benzene rings is 1. The molecule has 0 radical (unpaired) electrons. The Kier molecular flexibility index (Phi) is 5.14. The van der Waals surface area contributed by atoms with E-state index in [9.17, 15) is 4.79 Å². The Bertz CT molecular complexity index is 995. The van der Waals surface area contributed by atoms with Crippen molar-refractivity contribution in [2.24, 2.45) is 0 Å². The number of halogens is 1. The van der Waals surface area contributed by atoms with E-state index in [2.05, 4.69) is 38.8 Å². The fourth-order valence-corrected chi connectivity index (χ4v) is 4.81. The summed E-state index contributed by atoms with van der Waals surface area (Å²) in [5, 5.41) is 1.13. The highest BCUT2D eigenvalue weighted by molar-refractivity contribution is 9.10. The second-order valence-corrected chi connectivity index (χ2v) is 8.70. The number of piperazine rings is 1. The Morgan fingerprint density at radius 1 is 1.19 bits per heavy atom. The number of thiophene rings is 1. The summed E-state index contributed by atoms with van der Waals surface area (Å²) in [6.45, 7) is 7.06. The molecule has 4 rings (SSSR count). The third-order valence-corrected chi connectivity index (χ3v) is 6.49. The van der Waals surface area contributed by atoms with Crippen LogP contribution in [0.25, 0.3) is 10.2 Å². The van der Waals surface area contributed by atoms with Gasteiger partial charge in [0.1, 0.15) is 16.5 Å². The van der Waals surface area contributed by atoms with E-state index in [4.69, 9.17) is 4.98 Å². The lowest BCUT2D eigenvalue weighted by Crippen LogP contribution is -2.49. The van der Waals surface area contributed by atoms with E-state index in [1.54, 1.807) is 11.3 Å². The van der Waals surface area contributed by atoms with Crippen molar-refractivity contribution in [2.45, 2.75) is 20.3 Å². The van der Waals surface area contributed by atoms with Gasteiger partial charge in [-0.25, -0.2) is 9.97 Å². The van der Waals surface area contributed by atoms with Crippen LogP contribution in [-0.2, 0) is 6.42 Å². The van der Waals surface area contributed by atoms with Gasteiger partial charge < -0.3 is 9.80 Å². The average Bonchev–Trinajstić information content (AvgIpc) is 3.10. The minimum absolute atomic E-state index is 0.0868. The number of hydrogen-bond acceptors (Lipinski definition) is 5. The topological polar surface area (TPSA) is 49.3 Å². The molecule has 27 heavy (non-hydrogen) atoms. The summed E-state index contributed by atoms with van der Waals surface area (Å²) >= 11 is 5.19. The monoisotopic (exact) mass is 444 g/mol. The summed E-state index contributed by atoms with van der Waals surface area (Å²) < 4.78 is 0.926. The summed E-state index contributed by atoms with van der Waals surface area (Å²) in [5.41, 5.74) is 0.725. The second-order valence-electron chi connectivity index (χ2n) is 6.67. The first-order chi connectivity index (χ1) is 13.0. The number of aryl methyl sites for hydroxylation is 2. The van der Waals surface area contributed by atoms with Gasteiger partial charge in [-0.1, -0.05) is 28.9 Å². The predicted molar refractivity (Wildman–Crippen MR) is 114 cm³/mol. The minimum atomic E-state index is 0.0868. The maximum absolute atomic E-state index is 12.8. The number of amides is 1. The van der Waals surface area contributed by atoms with Crippen molar-refractivity contribution >= 4 is 49.2 Å². The van der Waals surface area contributed by atoms with Crippen molar-refractivity contribution in [1.82, 2.24) is 14.9 Å². The number of carbonyl (C=O) groups excluding carboxylic acids is 1. The maximum atomic E-state index is 12.8. The van der Waals surface area contributed by atoms with Crippen LogP contribution in [0, 0.1) is 6.92 Å². The van der Waals surface area contributed by atoms with E-state index in [-0.39, 0.29) is 5.91 Å². The number of hydrogen-bond donors (Lipinski definition) is 0. The van der Waals surface area contributed by atoms with Crippen LogP contribution in [0.4, 0.5) is 5.82 Å². The van der Waals surface area contributed by atoms with E-state index < -0.39 is 0 Å². The van der Waals surface area contributed by atoms with Gasteiger partial charge in [0.05, 0.1) is 5.39 Å². The van der Waals surface area contributed by atoms with Crippen molar-refractivity contribution in [3.05, 3.63) is 51.1 Å². The quantitative estimate of drug-likeness (QED) is 0.604. The van der Waals surface area contributed by atoms with E-state index in [0.29, 0.717) is 13.1 Å². The molecule has 1 aromatic carbocycles. The molecule has 5 nitrogen and oxygen atoms in total. The lowest BCUT2D eigenvalue weighted by Gasteiger charge is -2.35. The highest BCUT2D eigenvalue weighted by Crippen LogP contribution is 2.32. The normalized spacial score (nSPS) is 14.8. The molecule has 0 saturated carbocycles. The Labute approximate surface area is 171 Å². The van der Waals surface area contributed by atoms with Crippen molar-refractivity contribution in [2.75, 3.05) is 31.1 Å². The van der Waals surface area contributed by atoms with Gasteiger partial charge in [0.2, 0.25) is 0 Å². The van der Waals surface area contributed by atoms with Crippen LogP contribution in [0.15, 0.2) is 34.8 Å². The van der Waals surface area contributed by atoms with Gasteiger partial charge in [-0.15, -0.1) is 11.3 Å². The summed E-state index contributed by atoms with van der Waals surface area (Å²) in [7, 11) is 0. The van der Waals surface area contributed by atoms with Gasteiger partial charge in [0, 0.05) is 41.1 Å². The fourth-order valence-electron chi connectivity index (χ4n) is 3.40. The Balaban J connectivity index is 1.53. The molecule has 1 aliphatic rings. The smallest absolute Gasteiger partial charge is 0.254 e. The molecule has 0 spiro atoms. The van der Waals surface area contributed by atoms with Gasteiger partial charge >= 0.3 is 0 Å². The summed E-state index contributed by atoms with van der Waals surface area (Å²) in [6, 6.07) is 9.80. The first-order valence-corrected chi connectivity index (χ1v) is 10.7. The lowest BCUT2D eigenvalue weighted by atomic mass is 10.2. The van der Waals surface area contributed by atoms with E-state index in [0.717, 1.165) is 51.4 Å². The van der Waals surface area contributed by atoms with E-state index >= 15 is 0 Å². The number of carbonyl (C=O) groups is 1. The Morgan fingerprint density at radius 3 is 2.67 bits per heavy atom. The van der Waals surface area contributed by atoms with Crippen LogP contribution in [0.5, 0.6) is 0 Å². The highest BCUT2D eigenvalue weighted by Gasteiger charge is 2.25. The van der Waals surface area contributed by atoms with Gasteiger partial charge in [-0.3, -0.25) is 4.79 Å². The van der Waals surface area contributed by atoms with Crippen molar-refractivity contribution in [3.8, 4) is 0 Å². The molecule has 2 aromatic heterocycles. The molecule has 3 heterocycles. The van der Waals surface area contributed by atoms with E-state index in [1.165, 1.54) is 4.88 Å². The number of fused-ring (bicyclic) bond motifs is 1. The first kappa shape index (κ1) is 18.4. The van der Waals surface area contributed by atoms with Gasteiger partial charge in [0.15, 0.2) is 0 Å². The van der Waals surface area contributed by atoms with Crippen LogP contribution in [-0.4, -0.2) is 47.0 Å². The maximum Gasteiger partial charge on any atom is 0.254 e. The number of nitrogens with zero attached hydrogens (tertiary/aromatic N) is 4. The van der Waals surface area contributed by atoms with E-state index in [1.807, 2.05) is 36.1 Å². The molecular weight excluding hydrogens is 424 g/mol. The number of rotatable bonds is 3. The molecule has 0 aliphatic carbocycles. The lowest BCUT2D eigenvalue weighted by molar-refractivity contribution is 0.0746. The average molecular weight is 445 g/mol. The molecule has 140 valence electrons. The zero-order valence-corrected chi connectivity index (χ0v) is 17.8. The second kappa shape index (κ2) is 7.56. The molecule has 0 unspecified atom stereocenters. The molecule has 0 atom stereocenters. The molecule has 1 amide bonds. The van der Waals surface area contributed by atoms with Crippen molar-refractivity contribution in [3.63, 3.8) is 0 Å². The molecule has 0 bridgehead atoms. The molecule has 7 heteroatoms. The zero-order chi connectivity index (χ0) is 19.0. The SMILES string of the molecule is CCc1cc2c(N3CCN(C(=O)c4cccc(Br)c4)CC3)nc(C)nc2s1. The van der Waals surface area contributed by atoms with Gasteiger partial charge in [0.25, 0.3) is 5.91 Å². The summed E-state index contributed by atoms with van der Waals surface area (Å²) in [4.78, 5) is 28.7. The standard InChI is InChI=1S/C20H21BrN4OS/c1-3-16-12-17-18(22-13(2)23-19(17)27-16)24-7-9-25(10-8-24)20(26)14-5-4-6-15(21)11-14/h4-6,11-12H,3,7-10H2,1-2H3. The van der Waals surface area contributed by atoms with Crippen LogP contribution < -0.4 is 4.90 Å². The molecule has 1 fully saturated rings. The fraction of sp³-hybridized carbons (Fsp3) is 0.350. The third-order valence-electron chi connectivity index (χ3n) is 4.82. The zero-order valence-electron chi connectivity index (χ0n) is 15.4. The molecule has 3 aromatic rings. The molecule has 0 N–H and O–H groups in total. The Morgan fingerprint density at radius 2 is 1.96 bits per heavy atom. The van der Waals surface area contributed by atoms with Crippen LogP contribution in [0.1, 0.15) is 28.0 Å². The summed E-state index contributed by atoms with van der Waals surface area (Å²) in [6.07, 6.45) is 1.01. The summed E-state index contributed by atoms with van der Waals surface area (Å²) in [5.74, 6) is 1.89. The number of anilines is 1. The van der Waals surface area contributed by atoms with Crippen molar-refractivity contribution in [1.29, 1.82) is 0 Å². The Hall–Kier alpha value is -1.99. The van der Waals surface area contributed by atoms with Crippen LogP contribution >= 0.6 is 27.3 Å². The number of aromatic nitrogens is 2. The van der Waals surface area contributed by atoms with Gasteiger partial charge in [-0.2, -0.15) is 0 Å². The predicted octanol–water partition coefficient (Wildman–Crippen LogP) is 4.29. The van der Waals surface area contributed by atoms with Gasteiger partial charge in [-0.05, 0) is 37.6 Å². The largest absolute Gasteiger partial charge is 0.352 e. The minimum Gasteiger partial charge on any atom is -0.352 e. The van der Waals surface area contributed by atoms with Crippen molar-refractivity contribution < 1.29 is 4.79 Å². The molecule has 1 saturated heterocycles. The molecular formula is C20H21BrN4OS.